The van der Waals surface area contributed by atoms with Crippen LogP contribution in [0.3, 0.4) is 0 Å². The number of carbonyl (C=O) groups is 1. The normalized spacial score (nSPS) is 23.5. The first-order valence-electron chi connectivity index (χ1n) is 8.63. The molecular formula is C19H23N3O2. The number of hydrogen-bond donors (Lipinski definition) is 1. The minimum atomic E-state index is -0.0411. The molecule has 5 heteroatoms. The van der Waals surface area contributed by atoms with Gasteiger partial charge in [0.2, 0.25) is 5.91 Å². The molecule has 126 valence electrons. The summed E-state index contributed by atoms with van der Waals surface area (Å²) in [4.78, 5) is 18.9. The average Bonchev–Trinajstić information content (AvgIpc) is 3.14. The SMILES string of the molecule is Cc1ccc(CN2CCC3(CC2)CC(c2ccncc2)C(=O)N3)o1. The van der Waals surface area contributed by atoms with E-state index in [2.05, 4.69) is 21.3 Å². The molecule has 2 aromatic heterocycles. The lowest BCUT2D eigenvalue weighted by atomic mass is 9.82. The highest BCUT2D eigenvalue weighted by Crippen LogP contribution is 2.39. The van der Waals surface area contributed by atoms with Gasteiger partial charge in [-0.1, -0.05) is 0 Å². The molecule has 0 radical (unpaired) electrons. The third kappa shape index (κ3) is 2.96. The molecule has 4 rings (SSSR count). The molecule has 2 aliphatic rings. The van der Waals surface area contributed by atoms with E-state index >= 15 is 0 Å². The van der Waals surface area contributed by atoms with Crippen LogP contribution < -0.4 is 5.32 Å². The number of aromatic nitrogens is 1. The Bertz CT molecular complexity index is 717. The number of rotatable bonds is 3. The molecule has 1 unspecified atom stereocenters. The second-order valence-electron chi connectivity index (χ2n) is 7.10. The van der Waals surface area contributed by atoms with E-state index in [-0.39, 0.29) is 17.4 Å². The number of nitrogens with one attached hydrogen (secondary N) is 1. The van der Waals surface area contributed by atoms with E-state index in [9.17, 15) is 4.79 Å². The molecule has 4 heterocycles. The third-order valence-electron chi connectivity index (χ3n) is 5.40. The molecule has 0 saturated carbocycles. The van der Waals surface area contributed by atoms with Crippen molar-refractivity contribution in [2.24, 2.45) is 0 Å². The molecule has 2 fully saturated rings. The molecule has 1 amide bonds. The van der Waals surface area contributed by atoms with Gasteiger partial charge in [0.25, 0.3) is 0 Å². The van der Waals surface area contributed by atoms with E-state index < -0.39 is 0 Å². The number of hydrogen-bond acceptors (Lipinski definition) is 4. The lowest BCUT2D eigenvalue weighted by molar-refractivity contribution is -0.121. The van der Waals surface area contributed by atoms with Crippen LogP contribution in [0, 0.1) is 6.92 Å². The molecule has 2 aliphatic heterocycles. The number of pyridine rings is 1. The average molecular weight is 325 g/mol. The fourth-order valence-corrected chi connectivity index (χ4v) is 4.01. The van der Waals surface area contributed by atoms with Crippen LogP contribution in [0.4, 0.5) is 0 Å². The van der Waals surface area contributed by atoms with Crippen LogP contribution in [-0.4, -0.2) is 34.4 Å². The minimum absolute atomic E-state index is 0.0349. The van der Waals surface area contributed by atoms with E-state index in [1.807, 2.05) is 25.1 Å². The molecule has 2 aromatic rings. The molecule has 2 saturated heterocycles. The lowest BCUT2D eigenvalue weighted by Gasteiger charge is -2.39. The van der Waals surface area contributed by atoms with Crippen molar-refractivity contribution in [1.82, 2.24) is 15.2 Å². The fourth-order valence-electron chi connectivity index (χ4n) is 4.01. The first-order chi connectivity index (χ1) is 11.6. The van der Waals surface area contributed by atoms with Gasteiger partial charge in [0.1, 0.15) is 11.5 Å². The number of aryl methyl sites for hydroxylation is 1. The predicted octanol–water partition coefficient (Wildman–Crippen LogP) is 2.62. The maximum Gasteiger partial charge on any atom is 0.228 e. The Kier molecular flexibility index (Phi) is 3.88. The van der Waals surface area contributed by atoms with Gasteiger partial charge in [-0.25, -0.2) is 0 Å². The van der Waals surface area contributed by atoms with Crippen LogP contribution in [0.15, 0.2) is 41.1 Å². The van der Waals surface area contributed by atoms with Crippen molar-refractivity contribution in [2.75, 3.05) is 13.1 Å². The molecule has 0 bridgehead atoms. The molecular weight excluding hydrogens is 302 g/mol. The molecule has 24 heavy (non-hydrogen) atoms. The number of nitrogens with zero attached hydrogens (tertiary/aromatic N) is 2. The number of amides is 1. The van der Waals surface area contributed by atoms with Crippen LogP contribution in [-0.2, 0) is 11.3 Å². The Balaban J connectivity index is 1.39. The van der Waals surface area contributed by atoms with Crippen molar-refractivity contribution >= 4 is 5.91 Å². The highest BCUT2D eigenvalue weighted by Gasteiger charge is 2.46. The van der Waals surface area contributed by atoms with Crippen molar-refractivity contribution in [3.8, 4) is 0 Å². The van der Waals surface area contributed by atoms with E-state index in [0.29, 0.717) is 0 Å². The summed E-state index contributed by atoms with van der Waals surface area (Å²) in [5, 5.41) is 3.30. The van der Waals surface area contributed by atoms with Gasteiger partial charge >= 0.3 is 0 Å². The van der Waals surface area contributed by atoms with Crippen LogP contribution >= 0.6 is 0 Å². The summed E-state index contributed by atoms with van der Waals surface area (Å²) in [6.07, 6.45) is 6.42. The first-order valence-corrected chi connectivity index (χ1v) is 8.63. The van der Waals surface area contributed by atoms with Gasteiger partial charge in [0, 0.05) is 31.0 Å². The summed E-state index contributed by atoms with van der Waals surface area (Å²) in [5.74, 6) is 2.11. The molecule has 1 atom stereocenters. The predicted molar refractivity (Wildman–Crippen MR) is 90.4 cm³/mol. The number of piperidine rings is 1. The largest absolute Gasteiger partial charge is 0.465 e. The minimum Gasteiger partial charge on any atom is -0.465 e. The smallest absolute Gasteiger partial charge is 0.228 e. The van der Waals surface area contributed by atoms with Crippen LogP contribution in [0.1, 0.15) is 42.3 Å². The Morgan fingerprint density at radius 2 is 2.00 bits per heavy atom. The fraction of sp³-hybridized carbons (Fsp3) is 0.474. The highest BCUT2D eigenvalue weighted by atomic mass is 16.3. The molecule has 5 nitrogen and oxygen atoms in total. The number of carbonyl (C=O) groups excluding carboxylic acids is 1. The highest BCUT2D eigenvalue weighted by molar-refractivity contribution is 5.87. The maximum absolute atomic E-state index is 12.5. The van der Waals surface area contributed by atoms with Gasteiger partial charge in [0.15, 0.2) is 0 Å². The first kappa shape index (κ1) is 15.4. The van der Waals surface area contributed by atoms with Gasteiger partial charge in [-0.3, -0.25) is 14.7 Å². The van der Waals surface area contributed by atoms with Gasteiger partial charge < -0.3 is 9.73 Å². The van der Waals surface area contributed by atoms with Gasteiger partial charge in [-0.05, 0) is 56.0 Å². The van der Waals surface area contributed by atoms with E-state index in [0.717, 1.165) is 56.0 Å². The van der Waals surface area contributed by atoms with Crippen molar-refractivity contribution in [3.05, 3.63) is 53.7 Å². The van der Waals surface area contributed by atoms with Gasteiger partial charge in [-0.2, -0.15) is 0 Å². The summed E-state index contributed by atoms with van der Waals surface area (Å²) in [7, 11) is 0. The molecule has 1 N–H and O–H groups in total. The van der Waals surface area contributed by atoms with Crippen molar-refractivity contribution in [1.29, 1.82) is 0 Å². The monoisotopic (exact) mass is 325 g/mol. The van der Waals surface area contributed by atoms with Crippen LogP contribution in [0.2, 0.25) is 0 Å². The maximum atomic E-state index is 12.5. The zero-order valence-corrected chi connectivity index (χ0v) is 14.0. The second kappa shape index (κ2) is 6.06. The second-order valence-corrected chi connectivity index (χ2v) is 7.10. The Morgan fingerprint density at radius 1 is 1.25 bits per heavy atom. The molecule has 0 aliphatic carbocycles. The van der Waals surface area contributed by atoms with E-state index in [1.165, 1.54) is 0 Å². The van der Waals surface area contributed by atoms with Gasteiger partial charge in [0.05, 0.1) is 12.5 Å². The summed E-state index contributed by atoms with van der Waals surface area (Å²) in [6.45, 7) is 4.81. The zero-order chi connectivity index (χ0) is 16.6. The van der Waals surface area contributed by atoms with Gasteiger partial charge in [-0.15, -0.1) is 0 Å². The topological polar surface area (TPSA) is 58.4 Å². The Labute approximate surface area is 142 Å². The summed E-state index contributed by atoms with van der Waals surface area (Å²) < 4.78 is 5.68. The third-order valence-corrected chi connectivity index (χ3v) is 5.40. The van der Waals surface area contributed by atoms with Crippen LogP contribution in [0.5, 0.6) is 0 Å². The van der Waals surface area contributed by atoms with Crippen molar-refractivity contribution < 1.29 is 9.21 Å². The Hall–Kier alpha value is -2.14. The lowest BCUT2D eigenvalue weighted by Crippen LogP contribution is -2.50. The van der Waals surface area contributed by atoms with E-state index in [4.69, 9.17) is 4.42 Å². The van der Waals surface area contributed by atoms with Crippen LogP contribution in [0.25, 0.3) is 0 Å². The summed E-state index contributed by atoms with van der Waals surface area (Å²) in [5.41, 5.74) is 1.04. The summed E-state index contributed by atoms with van der Waals surface area (Å²) >= 11 is 0. The number of furan rings is 1. The zero-order valence-electron chi connectivity index (χ0n) is 14.0. The Morgan fingerprint density at radius 3 is 2.67 bits per heavy atom. The quantitative estimate of drug-likeness (QED) is 0.942. The van der Waals surface area contributed by atoms with Crippen molar-refractivity contribution in [3.63, 3.8) is 0 Å². The molecule has 0 aromatic carbocycles. The summed E-state index contributed by atoms with van der Waals surface area (Å²) in [6, 6.07) is 7.98. The standard InChI is InChI=1S/C19H23N3O2/c1-14-2-3-16(24-14)13-22-10-6-19(7-11-22)12-17(18(23)21-19)15-4-8-20-9-5-15/h2-5,8-9,17H,6-7,10-13H2,1H3,(H,21,23). The van der Waals surface area contributed by atoms with Crippen molar-refractivity contribution in [2.45, 2.75) is 44.2 Å². The molecule has 1 spiro atoms. The number of likely N-dealkylation sites (tertiary alicyclic amines) is 1. The van der Waals surface area contributed by atoms with E-state index in [1.54, 1.807) is 12.4 Å².